The molecule has 3 aliphatic rings. The number of hydrogen-bond donors (Lipinski definition) is 1. The lowest BCUT2D eigenvalue weighted by molar-refractivity contribution is 0.134. The first-order valence-corrected chi connectivity index (χ1v) is 16.8. The maximum absolute atomic E-state index is 14.0. The second-order valence-corrected chi connectivity index (χ2v) is 15.6. The third-order valence-corrected chi connectivity index (χ3v) is 13.0. The standard InChI is InChI=1S/C28H28N4O7S3/c1-28(8-9-28)32(27(35)36)42(37,38)23-11-19-24(33)30(13-22-29-20-4-2-3-5-21(20)40-22)26(34)31(25(19)41-23)12-16-6-7-17-14-39-15-18(17)10-16/h6-7,10-11H,2-5,8-9,12-15H2,1H3,(H,35,36). The summed E-state index contributed by atoms with van der Waals surface area (Å²) in [5, 5.41) is 10.5. The Labute approximate surface area is 248 Å². The summed E-state index contributed by atoms with van der Waals surface area (Å²) in [6, 6.07) is 7.01. The molecule has 220 valence electrons. The summed E-state index contributed by atoms with van der Waals surface area (Å²) in [5.41, 5.74) is 1.67. The average molecular weight is 629 g/mol. The molecular weight excluding hydrogens is 601 g/mol. The van der Waals surface area contributed by atoms with Gasteiger partial charge in [-0.05, 0) is 68.2 Å². The van der Waals surface area contributed by atoms with E-state index in [4.69, 9.17) is 9.72 Å². The molecule has 1 saturated carbocycles. The Bertz CT molecular complexity index is 1980. The normalized spacial score (nSPS) is 17.3. The molecule has 0 bridgehead atoms. The fourth-order valence-corrected chi connectivity index (χ4v) is 10.1. The molecule has 11 nitrogen and oxygen atoms in total. The second-order valence-electron chi connectivity index (χ2n) is 11.4. The molecule has 14 heteroatoms. The Kier molecular flexibility index (Phi) is 6.46. The predicted molar refractivity (Wildman–Crippen MR) is 157 cm³/mol. The SMILES string of the molecule is CC1(N(C(=O)O)S(=O)(=O)c2cc3c(=O)n(Cc4nc5c(s4)CCCC5)c(=O)n(Cc4ccc5c(c4)COC5)c3s2)CC1. The zero-order chi connectivity index (χ0) is 29.4. The summed E-state index contributed by atoms with van der Waals surface area (Å²) in [5.74, 6) is 0. The minimum absolute atomic E-state index is 0.0272. The molecule has 1 fully saturated rings. The Morgan fingerprint density at radius 3 is 2.57 bits per heavy atom. The molecule has 42 heavy (non-hydrogen) atoms. The summed E-state index contributed by atoms with van der Waals surface area (Å²) in [7, 11) is -4.50. The van der Waals surface area contributed by atoms with Crippen LogP contribution in [0.4, 0.5) is 4.79 Å². The van der Waals surface area contributed by atoms with Crippen LogP contribution in [0.1, 0.15) is 64.9 Å². The number of rotatable bonds is 7. The van der Waals surface area contributed by atoms with Crippen LogP contribution in [0.15, 0.2) is 38.1 Å². The van der Waals surface area contributed by atoms with Gasteiger partial charge in [-0.2, -0.15) is 12.7 Å². The number of thiazole rings is 1. The highest BCUT2D eigenvalue weighted by atomic mass is 32.2. The van der Waals surface area contributed by atoms with Crippen molar-refractivity contribution in [1.82, 2.24) is 18.4 Å². The van der Waals surface area contributed by atoms with E-state index in [-0.39, 0.29) is 27.5 Å². The maximum Gasteiger partial charge on any atom is 0.421 e. The van der Waals surface area contributed by atoms with E-state index in [1.165, 1.54) is 26.8 Å². The molecule has 0 spiro atoms. The fraction of sp³-hybridized carbons (Fsp3) is 0.429. The van der Waals surface area contributed by atoms with Gasteiger partial charge in [-0.3, -0.25) is 13.9 Å². The van der Waals surface area contributed by atoms with Gasteiger partial charge in [0.05, 0.1) is 42.9 Å². The monoisotopic (exact) mass is 628 g/mol. The van der Waals surface area contributed by atoms with Gasteiger partial charge in [-0.1, -0.05) is 18.2 Å². The van der Waals surface area contributed by atoms with Gasteiger partial charge in [0.2, 0.25) is 0 Å². The van der Waals surface area contributed by atoms with Crippen molar-refractivity contribution in [3.05, 3.63) is 77.4 Å². The maximum atomic E-state index is 14.0. The average Bonchev–Trinajstić information content (AvgIpc) is 3.35. The number of fused-ring (bicyclic) bond motifs is 3. The van der Waals surface area contributed by atoms with Crippen molar-refractivity contribution in [2.75, 3.05) is 0 Å². The first-order chi connectivity index (χ1) is 20.0. The van der Waals surface area contributed by atoms with Gasteiger partial charge in [0.25, 0.3) is 15.6 Å². The molecule has 4 heterocycles. The summed E-state index contributed by atoms with van der Waals surface area (Å²) in [4.78, 5) is 46.0. The summed E-state index contributed by atoms with van der Waals surface area (Å²) < 4.78 is 35.6. The van der Waals surface area contributed by atoms with Crippen LogP contribution in [0.5, 0.6) is 0 Å². The molecule has 0 radical (unpaired) electrons. The zero-order valence-corrected chi connectivity index (χ0v) is 25.2. The van der Waals surface area contributed by atoms with Crippen molar-refractivity contribution in [1.29, 1.82) is 0 Å². The first-order valence-electron chi connectivity index (χ1n) is 13.8. The molecule has 7 rings (SSSR count). The molecule has 0 saturated heterocycles. The van der Waals surface area contributed by atoms with Crippen LogP contribution in [0.3, 0.4) is 0 Å². The number of nitrogens with zero attached hydrogens (tertiary/aromatic N) is 4. The number of sulfonamides is 1. The predicted octanol–water partition coefficient (Wildman–Crippen LogP) is 3.91. The molecule has 1 amide bonds. The van der Waals surface area contributed by atoms with E-state index >= 15 is 0 Å². The number of amides is 1. The number of carboxylic acid groups (broad SMARTS) is 1. The van der Waals surface area contributed by atoms with E-state index < -0.39 is 32.9 Å². The van der Waals surface area contributed by atoms with Crippen LogP contribution >= 0.6 is 22.7 Å². The molecule has 2 aliphatic carbocycles. The molecule has 3 aromatic heterocycles. The van der Waals surface area contributed by atoms with E-state index in [9.17, 15) is 27.9 Å². The fourth-order valence-electron chi connectivity index (χ4n) is 5.80. The van der Waals surface area contributed by atoms with Gasteiger partial charge in [-0.25, -0.2) is 14.6 Å². The summed E-state index contributed by atoms with van der Waals surface area (Å²) in [6.45, 7) is 2.64. The van der Waals surface area contributed by atoms with Crippen molar-refractivity contribution >= 4 is 49.0 Å². The van der Waals surface area contributed by atoms with Crippen molar-refractivity contribution in [2.24, 2.45) is 0 Å². The van der Waals surface area contributed by atoms with Crippen molar-refractivity contribution < 1.29 is 23.1 Å². The number of aryl methyl sites for hydroxylation is 2. The van der Waals surface area contributed by atoms with Crippen LogP contribution < -0.4 is 11.2 Å². The Morgan fingerprint density at radius 2 is 1.83 bits per heavy atom. The smallest absolute Gasteiger partial charge is 0.421 e. The van der Waals surface area contributed by atoms with E-state index in [0.29, 0.717) is 35.4 Å². The van der Waals surface area contributed by atoms with Crippen LogP contribution in [0, 0.1) is 0 Å². The van der Waals surface area contributed by atoms with Crippen LogP contribution in [0.25, 0.3) is 10.2 Å². The van der Waals surface area contributed by atoms with E-state index in [2.05, 4.69) is 0 Å². The molecule has 1 aliphatic heterocycles. The van der Waals surface area contributed by atoms with Crippen LogP contribution in [0.2, 0.25) is 0 Å². The van der Waals surface area contributed by atoms with Gasteiger partial charge in [0.1, 0.15) is 14.0 Å². The number of benzene rings is 1. The second kappa shape index (κ2) is 9.86. The molecule has 1 aromatic carbocycles. The van der Waals surface area contributed by atoms with E-state index in [1.54, 1.807) is 6.92 Å². The Morgan fingerprint density at radius 1 is 1.07 bits per heavy atom. The first kappa shape index (κ1) is 27.5. The van der Waals surface area contributed by atoms with Crippen LogP contribution in [-0.4, -0.2) is 43.6 Å². The van der Waals surface area contributed by atoms with Crippen molar-refractivity contribution in [3.8, 4) is 0 Å². The lowest BCUT2D eigenvalue weighted by Gasteiger charge is -2.24. The van der Waals surface area contributed by atoms with Crippen molar-refractivity contribution in [3.63, 3.8) is 0 Å². The van der Waals surface area contributed by atoms with Crippen LogP contribution in [-0.2, 0) is 53.9 Å². The number of hydrogen-bond acceptors (Lipinski definition) is 9. The Balaban J connectivity index is 1.38. The van der Waals surface area contributed by atoms with Gasteiger partial charge in [0.15, 0.2) is 0 Å². The largest absolute Gasteiger partial charge is 0.464 e. The van der Waals surface area contributed by atoms with E-state index in [0.717, 1.165) is 64.0 Å². The minimum atomic E-state index is -4.50. The van der Waals surface area contributed by atoms with Gasteiger partial charge in [0, 0.05) is 4.88 Å². The highest BCUT2D eigenvalue weighted by Crippen LogP contribution is 2.45. The quantitative estimate of drug-likeness (QED) is 0.325. The lowest BCUT2D eigenvalue weighted by atomic mass is 10.0. The van der Waals surface area contributed by atoms with E-state index in [1.807, 2.05) is 18.2 Å². The molecule has 4 aromatic rings. The summed E-state index contributed by atoms with van der Waals surface area (Å²) >= 11 is 2.25. The third kappa shape index (κ3) is 4.51. The topological polar surface area (TPSA) is 141 Å². The van der Waals surface area contributed by atoms with Gasteiger partial charge >= 0.3 is 11.8 Å². The lowest BCUT2D eigenvalue weighted by Crippen LogP contribution is -2.43. The zero-order valence-electron chi connectivity index (χ0n) is 22.8. The number of aromatic nitrogens is 3. The van der Waals surface area contributed by atoms with Gasteiger partial charge < -0.3 is 9.84 Å². The Hall–Kier alpha value is -3.33. The van der Waals surface area contributed by atoms with Gasteiger partial charge in [-0.15, -0.1) is 22.7 Å². The molecular formula is C28H28N4O7S3. The minimum Gasteiger partial charge on any atom is -0.464 e. The third-order valence-electron chi connectivity index (χ3n) is 8.31. The molecule has 1 N–H and O–H groups in total. The number of carbonyl (C=O) groups is 1. The number of ether oxygens (including phenoxy) is 1. The highest BCUT2D eigenvalue weighted by molar-refractivity contribution is 7.92. The highest BCUT2D eigenvalue weighted by Gasteiger charge is 2.53. The summed E-state index contributed by atoms with van der Waals surface area (Å²) in [6.07, 6.45) is 3.20. The number of thiophene rings is 1. The van der Waals surface area contributed by atoms with Crippen molar-refractivity contribution in [2.45, 2.75) is 81.5 Å². The molecule has 0 atom stereocenters. The molecule has 0 unspecified atom stereocenters.